The Morgan fingerprint density at radius 2 is 1.33 bits per heavy atom. The highest BCUT2D eigenvalue weighted by Crippen LogP contribution is 2.39. The third-order valence-corrected chi connectivity index (χ3v) is 9.77. The van der Waals surface area contributed by atoms with Gasteiger partial charge >= 0.3 is 0 Å². The highest BCUT2D eigenvalue weighted by Gasteiger charge is 2.36. The minimum atomic E-state index is -0.579. The maximum atomic E-state index is 13.1. The highest BCUT2D eigenvalue weighted by atomic mass is 16.7. The van der Waals surface area contributed by atoms with Crippen molar-refractivity contribution in [1.82, 2.24) is 9.80 Å². The van der Waals surface area contributed by atoms with Gasteiger partial charge in [-0.1, -0.05) is 115 Å². The van der Waals surface area contributed by atoms with Gasteiger partial charge in [-0.05, 0) is 59.5 Å². The largest absolute Gasteiger partial charge is 0.392 e. The first-order valence-corrected chi connectivity index (χ1v) is 16.8. The first kappa shape index (κ1) is 32.6. The van der Waals surface area contributed by atoms with Gasteiger partial charge in [0.1, 0.15) is 0 Å². The van der Waals surface area contributed by atoms with Gasteiger partial charge in [-0.2, -0.15) is 0 Å². The van der Waals surface area contributed by atoms with Crippen LogP contribution >= 0.6 is 0 Å². The number of hydrogen-bond acceptors (Lipinski definition) is 6. The van der Waals surface area contributed by atoms with Gasteiger partial charge in [-0.3, -0.25) is 19.4 Å². The second-order valence-corrected chi connectivity index (χ2v) is 12.9. The molecule has 49 heavy (non-hydrogen) atoms. The Morgan fingerprint density at radius 3 is 1.98 bits per heavy atom. The molecule has 7 rings (SSSR count). The third kappa shape index (κ3) is 6.84. The molecule has 248 valence electrons. The summed E-state index contributed by atoms with van der Waals surface area (Å²) >= 11 is 0. The summed E-state index contributed by atoms with van der Waals surface area (Å²) in [4.78, 5) is 29.9. The second-order valence-electron chi connectivity index (χ2n) is 12.9. The summed E-state index contributed by atoms with van der Waals surface area (Å²) in [6.07, 6.45) is -0.150. The molecule has 0 spiro atoms. The molecule has 4 unspecified atom stereocenters. The molecule has 0 radical (unpaired) electrons. The Hall–Kier alpha value is -4.92. The number of aliphatic hydroxyl groups excluding tert-OH is 1. The van der Waals surface area contributed by atoms with Crippen molar-refractivity contribution < 1.29 is 24.2 Å². The van der Waals surface area contributed by atoms with Gasteiger partial charge in [0.05, 0.1) is 36.5 Å². The molecule has 2 aliphatic heterocycles. The maximum absolute atomic E-state index is 13.1. The van der Waals surface area contributed by atoms with Gasteiger partial charge < -0.3 is 14.6 Å². The number of fused-ring (bicyclic) bond motifs is 1. The molecule has 2 heterocycles. The number of ether oxygens (including phenoxy) is 2. The van der Waals surface area contributed by atoms with Crippen molar-refractivity contribution in [2.45, 2.75) is 51.0 Å². The van der Waals surface area contributed by atoms with E-state index in [1.807, 2.05) is 78.9 Å². The summed E-state index contributed by atoms with van der Waals surface area (Å²) in [6.45, 7) is 3.12. The summed E-state index contributed by atoms with van der Waals surface area (Å²) in [6, 6.07) is 41.6. The molecule has 0 aromatic heterocycles. The lowest BCUT2D eigenvalue weighted by Crippen LogP contribution is -2.38. The van der Waals surface area contributed by atoms with E-state index in [2.05, 4.69) is 43.1 Å². The molecule has 7 heteroatoms. The summed E-state index contributed by atoms with van der Waals surface area (Å²) in [5.74, 6) is -0.535. The first-order valence-electron chi connectivity index (χ1n) is 16.8. The topological polar surface area (TPSA) is 79.3 Å². The molecule has 1 fully saturated rings. The molecule has 5 aromatic rings. The molecule has 1 saturated heterocycles. The molecule has 1 N–H and O–H groups in total. The van der Waals surface area contributed by atoms with Crippen LogP contribution in [-0.2, 0) is 22.6 Å². The molecule has 2 amide bonds. The van der Waals surface area contributed by atoms with Gasteiger partial charge in [0.2, 0.25) is 0 Å². The van der Waals surface area contributed by atoms with E-state index < -0.39 is 6.29 Å². The Labute approximate surface area is 287 Å². The summed E-state index contributed by atoms with van der Waals surface area (Å²) in [5, 5.41) is 9.58. The molecule has 5 aromatic carbocycles. The van der Waals surface area contributed by atoms with E-state index in [1.165, 1.54) is 10.5 Å². The Balaban J connectivity index is 1.12. The molecule has 0 bridgehead atoms. The van der Waals surface area contributed by atoms with Crippen LogP contribution in [0, 0.1) is 0 Å². The SMILES string of the molecule is CC(c1ccccc1)N(C)CC1CC(c2ccc(CO)cc2)OC(c2ccc(-c3ccccc3CN3C(=O)c4ccccc4C3=O)cc2)O1. The van der Waals surface area contributed by atoms with Crippen molar-refractivity contribution in [3.8, 4) is 11.1 Å². The monoisotopic (exact) mass is 652 g/mol. The van der Waals surface area contributed by atoms with Crippen LogP contribution in [-0.4, -0.2) is 46.4 Å². The van der Waals surface area contributed by atoms with Crippen molar-refractivity contribution in [3.05, 3.63) is 166 Å². The zero-order valence-electron chi connectivity index (χ0n) is 27.7. The predicted octanol–water partition coefficient (Wildman–Crippen LogP) is 7.88. The lowest BCUT2D eigenvalue weighted by Gasteiger charge is -2.39. The van der Waals surface area contributed by atoms with E-state index in [0.29, 0.717) is 17.5 Å². The van der Waals surface area contributed by atoms with E-state index in [1.54, 1.807) is 24.3 Å². The first-order chi connectivity index (χ1) is 23.9. The Bertz CT molecular complexity index is 1890. The van der Waals surface area contributed by atoms with Gasteiger partial charge in [-0.15, -0.1) is 0 Å². The van der Waals surface area contributed by atoms with E-state index in [-0.39, 0.29) is 43.2 Å². The van der Waals surface area contributed by atoms with Crippen LogP contribution in [0.4, 0.5) is 0 Å². The number of aliphatic hydroxyl groups is 1. The van der Waals surface area contributed by atoms with Crippen LogP contribution in [0.15, 0.2) is 127 Å². The van der Waals surface area contributed by atoms with Gasteiger partial charge in [0.25, 0.3) is 11.8 Å². The lowest BCUT2D eigenvalue weighted by atomic mass is 9.97. The third-order valence-electron chi connectivity index (χ3n) is 9.77. The van der Waals surface area contributed by atoms with E-state index in [0.717, 1.165) is 39.9 Å². The number of likely N-dealkylation sites (N-methyl/N-ethyl adjacent to an activating group) is 1. The van der Waals surface area contributed by atoms with Crippen LogP contribution in [0.5, 0.6) is 0 Å². The highest BCUT2D eigenvalue weighted by molar-refractivity contribution is 6.21. The predicted molar refractivity (Wildman–Crippen MR) is 188 cm³/mol. The summed E-state index contributed by atoms with van der Waals surface area (Å²) in [7, 11) is 2.13. The fourth-order valence-electron chi connectivity index (χ4n) is 6.81. The number of carbonyl (C=O) groups excluding carboxylic acids is 2. The smallest absolute Gasteiger partial charge is 0.261 e. The number of rotatable bonds is 10. The van der Waals surface area contributed by atoms with Crippen molar-refractivity contribution in [2.75, 3.05) is 13.6 Å². The molecule has 7 nitrogen and oxygen atoms in total. The quantitative estimate of drug-likeness (QED) is 0.155. The normalized spacial score (nSPS) is 19.7. The van der Waals surface area contributed by atoms with Crippen LogP contribution in [0.2, 0.25) is 0 Å². The minimum Gasteiger partial charge on any atom is -0.392 e. The maximum Gasteiger partial charge on any atom is 0.261 e. The molecule has 0 aliphatic carbocycles. The van der Waals surface area contributed by atoms with E-state index in [4.69, 9.17) is 9.47 Å². The van der Waals surface area contributed by atoms with Crippen molar-refractivity contribution >= 4 is 11.8 Å². The van der Waals surface area contributed by atoms with Crippen molar-refractivity contribution in [3.63, 3.8) is 0 Å². The summed E-state index contributed by atoms with van der Waals surface area (Å²) < 4.78 is 13.3. The zero-order valence-corrected chi connectivity index (χ0v) is 27.7. The second kappa shape index (κ2) is 14.3. The van der Waals surface area contributed by atoms with Gasteiger partial charge in [-0.25, -0.2) is 0 Å². The molecular formula is C42H40N2O5. The molecular weight excluding hydrogens is 612 g/mol. The number of carbonyl (C=O) groups is 2. The molecule has 0 saturated carbocycles. The fraction of sp³-hybridized carbons (Fsp3) is 0.238. The van der Waals surface area contributed by atoms with Gasteiger partial charge in [0.15, 0.2) is 6.29 Å². The van der Waals surface area contributed by atoms with Gasteiger partial charge in [0, 0.05) is 24.6 Å². The Morgan fingerprint density at radius 1 is 0.735 bits per heavy atom. The van der Waals surface area contributed by atoms with Crippen LogP contribution < -0.4 is 0 Å². The average molecular weight is 653 g/mol. The number of imide groups is 1. The number of benzene rings is 5. The summed E-state index contributed by atoms with van der Waals surface area (Å²) in [5.41, 5.74) is 7.77. The average Bonchev–Trinajstić information content (AvgIpc) is 3.39. The van der Waals surface area contributed by atoms with Crippen molar-refractivity contribution in [2.24, 2.45) is 0 Å². The zero-order chi connectivity index (χ0) is 33.9. The van der Waals surface area contributed by atoms with E-state index >= 15 is 0 Å². The lowest BCUT2D eigenvalue weighted by molar-refractivity contribution is -0.253. The number of nitrogens with zero attached hydrogens (tertiary/aromatic N) is 2. The molecule has 4 atom stereocenters. The molecule has 2 aliphatic rings. The standard InChI is InChI=1S/C42H40N2O5/c1-28(30-10-4-3-5-11-30)43(2)26-35-24-39(32-18-16-29(27-45)17-19-32)49-42(48-35)33-22-20-31(21-23-33)36-13-7-6-12-34(36)25-44-40(46)37-14-8-9-15-38(37)41(44)47/h3-23,28,35,39,42,45H,24-27H2,1-2H3. The fourth-order valence-corrected chi connectivity index (χ4v) is 6.81. The van der Waals surface area contributed by atoms with Crippen molar-refractivity contribution in [1.29, 1.82) is 0 Å². The number of hydrogen-bond donors (Lipinski definition) is 1. The van der Waals surface area contributed by atoms with Crippen LogP contribution in [0.3, 0.4) is 0 Å². The number of amides is 2. The van der Waals surface area contributed by atoms with Crippen LogP contribution in [0.25, 0.3) is 11.1 Å². The van der Waals surface area contributed by atoms with Crippen LogP contribution in [0.1, 0.15) is 80.3 Å². The Kier molecular flexibility index (Phi) is 9.51. The van der Waals surface area contributed by atoms with E-state index in [9.17, 15) is 14.7 Å². The minimum absolute atomic E-state index is 0.00386.